The molecule has 4 nitrogen and oxygen atoms in total. The molecule has 0 saturated heterocycles. The average Bonchev–Trinajstić information content (AvgIpc) is 3.30. The molecule has 4 heteroatoms. The van der Waals surface area contributed by atoms with E-state index in [-0.39, 0.29) is 12.1 Å². The number of rotatable bonds is 9. The molecule has 2 atom stereocenters. The molecule has 0 radical (unpaired) electrons. The van der Waals surface area contributed by atoms with E-state index in [4.69, 9.17) is 9.47 Å². The number of nitrogens with one attached hydrogen (secondary N) is 1. The molecule has 0 heterocycles. The lowest BCUT2D eigenvalue weighted by atomic mass is 9.79. The minimum atomic E-state index is -0.498. The molecular formula is C17H31NO3. The average molecular weight is 297 g/mol. The van der Waals surface area contributed by atoms with Crippen molar-refractivity contribution in [1.82, 2.24) is 5.32 Å². The molecule has 0 aromatic rings. The Morgan fingerprint density at radius 3 is 2.71 bits per heavy atom. The highest BCUT2D eigenvalue weighted by atomic mass is 16.5. The zero-order valence-corrected chi connectivity index (χ0v) is 13.7. The van der Waals surface area contributed by atoms with Gasteiger partial charge < -0.3 is 9.47 Å². The number of hydrogen-bond donors (Lipinski definition) is 1. The van der Waals surface area contributed by atoms with Gasteiger partial charge in [-0.15, -0.1) is 0 Å². The fourth-order valence-corrected chi connectivity index (χ4v) is 3.33. The predicted molar refractivity (Wildman–Crippen MR) is 83.3 cm³/mol. The SMILES string of the molecule is CCCCCCOC1CCCC(NC2CC2)(C(=O)OC)C1. The van der Waals surface area contributed by atoms with E-state index in [0.29, 0.717) is 6.04 Å². The standard InChI is InChI=1S/C17H31NO3/c1-3-4-5-6-12-21-15-8-7-11-17(13-15,16(19)20-2)18-14-9-10-14/h14-15,18H,3-13H2,1-2H3. The second kappa shape index (κ2) is 8.14. The fraction of sp³-hybridized carbons (Fsp3) is 0.941. The first kappa shape index (κ1) is 16.8. The first-order valence-corrected chi connectivity index (χ1v) is 8.68. The van der Waals surface area contributed by atoms with E-state index in [1.54, 1.807) is 0 Å². The number of carbonyl (C=O) groups excluding carboxylic acids is 1. The summed E-state index contributed by atoms with van der Waals surface area (Å²) in [4.78, 5) is 12.3. The van der Waals surface area contributed by atoms with Crippen LogP contribution < -0.4 is 5.32 Å². The van der Waals surface area contributed by atoms with Crippen molar-refractivity contribution in [1.29, 1.82) is 0 Å². The van der Waals surface area contributed by atoms with Gasteiger partial charge in [0.05, 0.1) is 13.2 Å². The maximum atomic E-state index is 12.3. The number of hydrogen-bond acceptors (Lipinski definition) is 4. The smallest absolute Gasteiger partial charge is 0.326 e. The van der Waals surface area contributed by atoms with Crippen molar-refractivity contribution in [3.63, 3.8) is 0 Å². The Hall–Kier alpha value is -0.610. The zero-order valence-electron chi connectivity index (χ0n) is 13.7. The van der Waals surface area contributed by atoms with Gasteiger partial charge in [-0.1, -0.05) is 26.2 Å². The summed E-state index contributed by atoms with van der Waals surface area (Å²) in [6, 6.07) is 0.507. The number of unbranched alkanes of at least 4 members (excludes halogenated alkanes) is 3. The second-order valence-corrected chi connectivity index (χ2v) is 6.64. The van der Waals surface area contributed by atoms with Crippen molar-refractivity contribution in [2.24, 2.45) is 0 Å². The summed E-state index contributed by atoms with van der Waals surface area (Å²) in [5.41, 5.74) is -0.498. The normalized spacial score (nSPS) is 29.3. The van der Waals surface area contributed by atoms with Gasteiger partial charge in [-0.25, -0.2) is 0 Å². The zero-order chi connectivity index (χ0) is 15.1. The molecule has 21 heavy (non-hydrogen) atoms. The van der Waals surface area contributed by atoms with Crippen LogP contribution in [0.5, 0.6) is 0 Å². The van der Waals surface area contributed by atoms with Gasteiger partial charge in [-0.05, 0) is 38.5 Å². The second-order valence-electron chi connectivity index (χ2n) is 6.64. The summed E-state index contributed by atoms with van der Waals surface area (Å²) < 4.78 is 11.1. The van der Waals surface area contributed by atoms with Crippen LogP contribution in [0.2, 0.25) is 0 Å². The molecule has 2 fully saturated rings. The van der Waals surface area contributed by atoms with Crippen LogP contribution in [-0.4, -0.2) is 37.4 Å². The quantitative estimate of drug-likeness (QED) is 0.524. The molecule has 2 saturated carbocycles. The molecule has 0 spiro atoms. The van der Waals surface area contributed by atoms with Gasteiger partial charge in [0.25, 0.3) is 0 Å². The third-order valence-electron chi connectivity index (χ3n) is 4.69. The van der Waals surface area contributed by atoms with Gasteiger partial charge in [0, 0.05) is 19.1 Å². The van der Waals surface area contributed by atoms with Crippen LogP contribution in [0.3, 0.4) is 0 Å². The molecular weight excluding hydrogens is 266 g/mol. The molecule has 0 aromatic carbocycles. The Balaban J connectivity index is 1.82. The number of carbonyl (C=O) groups is 1. The first-order chi connectivity index (χ1) is 10.2. The van der Waals surface area contributed by atoms with E-state index >= 15 is 0 Å². The third-order valence-corrected chi connectivity index (χ3v) is 4.69. The fourth-order valence-electron chi connectivity index (χ4n) is 3.33. The van der Waals surface area contributed by atoms with Crippen LogP contribution >= 0.6 is 0 Å². The molecule has 0 amide bonds. The van der Waals surface area contributed by atoms with Gasteiger partial charge in [-0.2, -0.15) is 0 Å². The molecule has 1 N–H and O–H groups in total. The lowest BCUT2D eigenvalue weighted by Gasteiger charge is -2.39. The van der Waals surface area contributed by atoms with Crippen LogP contribution in [0.4, 0.5) is 0 Å². The first-order valence-electron chi connectivity index (χ1n) is 8.68. The summed E-state index contributed by atoms with van der Waals surface area (Å²) in [7, 11) is 1.49. The van der Waals surface area contributed by atoms with Gasteiger partial charge in [0.15, 0.2) is 0 Å². The van der Waals surface area contributed by atoms with E-state index in [9.17, 15) is 4.79 Å². The number of methoxy groups -OCH3 is 1. The van der Waals surface area contributed by atoms with Crippen molar-refractivity contribution < 1.29 is 14.3 Å². The van der Waals surface area contributed by atoms with Crippen molar-refractivity contribution in [3.05, 3.63) is 0 Å². The maximum Gasteiger partial charge on any atom is 0.326 e. The molecule has 0 aliphatic heterocycles. The topological polar surface area (TPSA) is 47.6 Å². The lowest BCUT2D eigenvalue weighted by molar-refractivity contribution is -0.153. The lowest BCUT2D eigenvalue weighted by Crippen LogP contribution is -2.57. The summed E-state index contributed by atoms with van der Waals surface area (Å²) in [5.74, 6) is -0.103. The number of ether oxygens (including phenoxy) is 2. The van der Waals surface area contributed by atoms with Gasteiger partial charge in [0.2, 0.25) is 0 Å². The van der Waals surface area contributed by atoms with E-state index in [0.717, 1.165) is 38.7 Å². The van der Waals surface area contributed by atoms with Crippen LogP contribution in [-0.2, 0) is 14.3 Å². The summed E-state index contributed by atoms with van der Waals surface area (Å²) in [6.07, 6.45) is 11.2. The van der Waals surface area contributed by atoms with Crippen LogP contribution in [0, 0.1) is 0 Å². The van der Waals surface area contributed by atoms with E-state index in [1.807, 2.05) is 0 Å². The van der Waals surface area contributed by atoms with Crippen LogP contribution in [0.25, 0.3) is 0 Å². The largest absolute Gasteiger partial charge is 0.468 e. The van der Waals surface area contributed by atoms with Gasteiger partial charge in [0.1, 0.15) is 5.54 Å². The molecule has 0 bridgehead atoms. The summed E-state index contributed by atoms with van der Waals surface area (Å²) >= 11 is 0. The monoisotopic (exact) mass is 297 g/mol. The highest BCUT2D eigenvalue weighted by molar-refractivity contribution is 5.81. The molecule has 0 aromatic heterocycles. The predicted octanol–water partition coefficient (Wildman–Crippen LogP) is 3.19. The van der Waals surface area contributed by atoms with Gasteiger partial charge >= 0.3 is 5.97 Å². The number of esters is 1. The Kier molecular flexibility index (Phi) is 6.49. The molecule has 2 rings (SSSR count). The minimum Gasteiger partial charge on any atom is -0.468 e. The van der Waals surface area contributed by atoms with Gasteiger partial charge in [-0.3, -0.25) is 10.1 Å². The Morgan fingerprint density at radius 2 is 2.05 bits per heavy atom. The summed E-state index contributed by atoms with van der Waals surface area (Å²) in [6.45, 7) is 3.04. The Labute approximate surface area is 129 Å². The van der Waals surface area contributed by atoms with Crippen molar-refractivity contribution >= 4 is 5.97 Å². The Bertz CT molecular complexity index is 330. The molecule has 2 aliphatic rings. The Morgan fingerprint density at radius 1 is 1.24 bits per heavy atom. The van der Waals surface area contributed by atoms with Crippen molar-refractivity contribution in [3.8, 4) is 0 Å². The molecule has 122 valence electrons. The van der Waals surface area contributed by atoms with Crippen LogP contribution in [0.15, 0.2) is 0 Å². The van der Waals surface area contributed by atoms with Crippen molar-refractivity contribution in [2.45, 2.75) is 88.8 Å². The molecule has 2 aliphatic carbocycles. The van der Waals surface area contributed by atoms with E-state index < -0.39 is 5.54 Å². The molecule has 2 unspecified atom stereocenters. The van der Waals surface area contributed by atoms with Crippen molar-refractivity contribution in [2.75, 3.05) is 13.7 Å². The van der Waals surface area contributed by atoms with Crippen LogP contribution in [0.1, 0.15) is 71.1 Å². The summed E-state index contributed by atoms with van der Waals surface area (Å²) in [5, 5.41) is 3.54. The highest BCUT2D eigenvalue weighted by Gasteiger charge is 2.46. The minimum absolute atomic E-state index is 0.103. The van der Waals surface area contributed by atoms with E-state index in [1.165, 1.54) is 39.2 Å². The third kappa shape index (κ3) is 4.96. The van der Waals surface area contributed by atoms with E-state index in [2.05, 4.69) is 12.2 Å². The highest BCUT2D eigenvalue weighted by Crippen LogP contribution is 2.35. The maximum absolute atomic E-state index is 12.3.